The molecular formula is C22H22F4N4O5S. The first kappa shape index (κ1) is 25.7. The van der Waals surface area contributed by atoms with Gasteiger partial charge in [-0.15, -0.1) is 0 Å². The number of nitrogens with one attached hydrogen (secondary N) is 1. The summed E-state index contributed by atoms with van der Waals surface area (Å²) in [4.78, 5) is 20.9. The van der Waals surface area contributed by atoms with Gasteiger partial charge < -0.3 is 14.8 Å². The van der Waals surface area contributed by atoms with Crippen molar-refractivity contribution in [1.82, 2.24) is 19.7 Å². The Hall–Kier alpha value is -3.42. The van der Waals surface area contributed by atoms with Crippen LogP contribution in [0.3, 0.4) is 0 Å². The van der Waals surface area contributed by atoms with Crippen LogP contribution in [0.2, 0.25) is 0 Å². The van der Waals surface area contributed by atoms with Gasteiger partial charge in [-0.05, 0) is 38.8 Å². The molecule has 1 saturated heterocycles. The Morgan fingerprint density at radius 1 is 1.28 bits per heavy atom. The average molecular weight is 531 g/mol. The average Bonchev–Trinajstić information content (AvgIpc) is 3.12. The molecule has 0 aromatic carbocycles. The number of aromatic nitrogens is 3. The fourth-order valence-electron chi connectivity index (χ4n) is 3.75. The summed E-state index contributed by atoms with van der Waals surface area (Å²) in [5.41, 5.74) is -0.722. The van der Waals surface area contributed by atoms with Crippen LogP contribution in [-0.4, -0.2) is 58.5 Å². The first-order valence-corrected chi connectivity index (χ1v) is 12.6. The van der Waals surface area contributed by atoms with Gasteiger partial charge in [-0.3, -0.25) is 9.20 Å². The molecule has 4 heterocycles. The van der Waals surface area contributed by atoms with Crippen LogP contribution in [0.1, 0.15) is 35.9 Å². The van der Waals surface area contributed by atoms with Gasteiger partial charge in [0, 0.05) is 17.8 Å². The third kappa shape index (κ3) is 5.69. The fourth-order valence-corrected chi connectivity index (χ4v) is 5.47. The number of fused-ring (bicyclic) bond motifs is 1. The molecule has 1 fully saturated rings. The second-order valence-corrected chi connectivity index (χ2v) is 11.0. The molecule has 3 aromatic heterocycles. The number of nitrogens with zero attached hydrogens (tertiary/aromatic N) is 3. The lowest BCUT2D eigenvalue weighted by Gasteiger charge is -2.34. The normalized spacial score (nSPS) is 17.1. The van der Waals surface area contributed by atoms with E-state index in [2.05, 4.69) is 15.3 Å². The van der Waals surface area contributed by atoms with Gasteiger partial charge >= 0.3 is 6.18 Å². The molecule has 1 aliphatic heterocycles. The van der Waals surface area contributed by atoms with Crippen LogP contribution in [0.5, 0.6) is 17.4 Å². The van der Waals surface area contributed by atoms with Gasteiger partial charge in [-0.25, -0.2) is 22.8 Å². The van der Waals surface area contributed by atoms with Crippen molar-refractivity contribution < 1.29 is 40.2 Å². The minimum atomic E-state index is -4.58. The van der Waals surface area contributed by atoms with Gasteiger partial charge in [0.2, 0.25) is 0 Å². The van der Waals surface area contributed by atoms with Crippen LogP contribution in [-0.2, 0) is 9.84 Å². The number of aryl methyl sites for hydroxylation is 1. The van der Waals surface area contributed by atoms with Gasteiger partial charge in [0.1, 0.15) is 21.3 Å². The minimum absolute atomic E-state index is 0.0501. The summed E-state index contributed by atoms with van der Waals surface area (Å²) in [5, 5.41) is 2.81. The smallest absolute Gasteiger partial charge is 0.422 e. The third-order valence-corrected chi connectivity index (χ3v) is 7.44. The molecule has 1 aliphatic rings. The van der Waals surface area contributed by atoms with E-state index in [-0.39, 0.29) is 58.8 Å². The van der Waals surface area contributed by atoms with E-state index in [0.717, 1.165) is 6.07 Å². The Bertz CT molecular complexity index is 1410. The van der Waals surface area contributed by atoms with E-state index in [4.69, 9.17) is 9.47 Å². The van der Waals surface area contributed by atoms with E-state index in [1.165, 1.54) is 35.9 Å². The molecule has 0 saturated carbocycles. The number of ether oxygens (including phenoxy) is 2. The highest BCUT2D eigenvalue weighted by atomic mass is 32.2. The maximum absolute atomic E-state index is 14.9. The number of pyridine rings is 2. The van der Waals surface area contributed by atoms with Crippen LogP contribution in [0.4, 0.5) is 17.6 Å². The minimum Gasteiger partial charge on any atom is -0.478 e. The number of amides is 1. The monoisotopic (exact) mass is 530 g/mol. The summed E-state index contributed by atoms with van der Waals surface area (Å²) in [5.74, 6) is -2.26. The van der Waals surface area contributed by atoms with Crippen LogP contribution >= 0.6 is 0 Å². The number of imidazole rings is 1. The highest BCUT2D eigenvalue weighted by Gasteiger charge is 2.35. The molecule has 1 amide bonds. The van der Waals surface area contributed by atoms with Gasteiger partial charge in [0.25, 0.3) is 11.8 Å². The highest BCUT2D eigenvalue weighted by molar-refractivity contribution is 7.91. The highest BCUT2D eigenvalue weighted by Crippen LogP contribution is 2.32. The molecule has 0 radical (unpaired) electrons. The van der Waals surface area contributed by atoms with E-state index in [9.17, 15) is 30.8 Å². The predicted molar refractivity (Wildman–Crippen MR) is 120 cm³/mol. The predicted octanol–water partition coefficient (Wildman–Crippen LogP) is 3.61. The molecule has 14 heteroatoms. The number of sulfone groups is 1. The molecule has 36 heavy (non-hydrogen) atoms. The van der Waals surface area contributed by atoms with Gasteiger partial charge in [-0.2, -0.15) is 13.2 Å². The maximum atomic E-state index is 14.9. The molecule has 194 valence electrons. The lowest BCUT2D eigenvalue weighted by atomic mass is 9.94. The molecule has 3 aromatic rings. The SMILES string of the molecule is Cc1c(C(=O)NC2(C)CCS(=O)(=O)CC2)nc2c(F)cc(Oc3ncccc3OCC(F)(F)F)cn12. The van der Waals surface area contributed by atoms with E-state index in [1.807, 2.05) is 0 Å². The topological polar surface area (TPSA) is 112 Å². The molecular weight excluding hydrogens is 508 g/mol. The molecule has 0 aliphatic carbocycles. The molecule has 1 N–H and O–H groups in total. The van der Waals surface area contributed by atoms with Crippen molar-refractivity contribution in [3.05, 3.63) is 47.8 Å². The van der Waals surface area contributed by atoms with Gasteiger partial charge in [0.15, 0.2) is 23.8 Å². The van der Waals surface area contributed by atoms with Crippen molar-refractivity contribution in [2.75, 3.05) is 18.1 Å². The van der Waals surface area contributed by atoms with Gasteiger partial charge in [0.05, 0.1) is 23.4 Å². The summed E-state index contributed by atoms with van der Waals surface area (Å²) in [6, 6.07) is 3.54. The number of rotatable bonds is 6. The van der Waals surface area contributed by atoms with Crippen LogP contribution in [0.15, 0.2) is 30.6 Å². The number of carbonyl (C=O) groups is 1. The summed E-state index contributed by atoms with van der Waals surface area (Å²) >= 11 is 0. The molecule has 0 bridgehead atoms. The van der Waals surface area contributed by atoms with Gasteiger partial charge in [-0.1, -0.05) is 0 Å². The number of carbonyl (C=O) groups excluding carboxylic acids is 1. The largest absolute Gasteiger partial charge is 0.478 e. The molecule has 4 rings (SSSR count). The van der Waals surface area contributed by atoms with Crippen molar-refractivity contribution in [1.29, 1.82) is 0 Å². The molecule has 0 unspecified atom stereocenters. The zero-order valence-electron chi connectivity index (χ0n) is 19.2. The van der Waals surface area contributed by atoms with Crippen molar-refractivity contribution in [3.63, 3.8) is 0 Å². The first-order chi connectivity index (χ1) is 16.8. The summed E-state index contributed by atoms with van der Waals surface area (Å²) in [7, 11) is -3.14. The lowest BCUT2D eigenvalue weighted by Crippen LogP contribution is -2.51. The molecule has 9 nitrogen and oxygen atoms in total. The standard InChI is InChI=1S/C22H22F4N4O5S/c1-13-17(19(31)29-21(2)5-8-36(32,33)9-6-21)28-18-15(23)10-14(11-30(13)18)35-20-16(4-3-7-27-20)34-12-22(24,25)26/h3-4,7,10-11H,5-6,8-9,12H2,1-2H3,(H,29,31). The maximum Gasteiger partial charge on any atom is 0.422 e. The van der Waals surface area contributed by atoms with E-state index in [0.29, 0.717) is 0 Å². The Morgan fingerprint density at radius 2 is 1.97 bits per heavy atom. The zero-order chi connectivity index (χ0) is 26.3. The van der Waals surface area contributed by atoms with Crippen molar-refractivity contribution in [3.8, 4) is 17.4 Å². The fraction of sp³-hybridized carbons (Fsp3) is 0.409. The van der Waals surface area contributed by atoms with Crippen LogP contribution in [0, 0.1) is 12.7 Å². The Balaban J connectivity index is 1.58. The second-order valence-electron chi connectivity index (χ2n) is 8.74. The van der Waals surface area contributed by atoms with Crippen molar-refractivity contribution >= 4 is 21.4 Å². The van der Waals surface area contributed by atoms with Crippen LogP contribution < -0.4 is 14.8 Å². The summed E-state index contributed by atoms with van der Waals surface area (Å²) in [6.45, 7) is 1.71. The number of alkyl halides is 3. The number of hydrogen-bond donors (Lipinski definition) is 1. The zero-order valence-corrected chi connectivity index (χ0v) is 20.0. The summed E-state index contributed by atoms with van der Waals surface area (Å²) < 4.78 is 87.4. The Kier molecular flexibility index (Phi) is 6.58. The number of hydrogen-bond acceptors (Lipinski definition) is 7. The quantitative estimate of drug-likeness (QED) is 0.485. The lowest BCUT2D eigenvalue weighted by molar-refractivity contribution is -0.153. The number of halogens is 4. The van der Waals surface area contributed by atoms with E-state index >= 15 is 0 Å². The Morgan fingerprint density at radius 3 is 2.64 bits per heavy atom. The molecule has 0 spiro atoms. The van der Waals surface area contributed by atoms with Crippen molar-refractivity contribution in [2.45, 2.75) is 38.4 Å². The van der Waals surface area contributed by atoms with Crippen LogP contribution in [0.25, 0.3) is 5.65 Å². The van der Waals surface area contributed by atoms with E-state index < -0.39 is 39.9 Å². The van der Waals surface area contributed by atoms with E-state index in [1.54, 1.807) is 6.92 Å². The first-order valence-electron chi connectivity index (χ1n) is 10.8. The second kappa shape index (κ2) is 9.22. The Labute approximate surface area is 203 Å². The summed E-state index contributed by atoms with van der Waals surface area (Å²) in [6.07, 6.45) is -1.52. The van der Waals surface area contributed by atoms with Crippen molar-refractivity contribution in [2.24, 2.45) is 0 Å². The third-order valence-electron chi connectivity index (χ3n) is 5.79. The molecule has 0 atom stereocenters.